The molecule has 0 fully saturated rings. The van der Waals surface area contributed by atoms with Crippen molar-refractivity contribution in [3.05, 3.63) is 18.1 Å². The van der Waals surface area contributed by atoms with Crippen LogP contribution in [0.2, 0.25) is 0 Å². The number of alkyl halides is 1. The van der Waals surface area contributed by atoms with E-state index >= 15 is 0 Å². The Morgan fingerprint density at radius 2 is 2.17 bits per heavy atom. The second kappa shape index (κ2) is 5.38. The number of halogens is 1. The fourth-order valence-electron chi connectivity index (χ4n) is 0.760. The Morgan fingerprint density at radius 1 is 1.42 bits per heavy atom. The molecule has 0 amide bonds. The normalized spacial score (nSPS) is 10.2. The standard InChI is InChI=1S/C8H11ClN2S/c1-7-8(11-5-4-10-7)12-6-2-3-9/h4-5H,2-3,6H2,1H3. The quantitative estimate of drug-likeness (QED) is 0.426. The van der Waals surface area contributed by atoms with Crippen molar-refractivity contribution < 1.29 is 0 Å². The highest BCUT2D eigenvalue weighted by atomic mass is 35.5. The van der Waals surface area contributed by atoms with Crippen molar-refractivity contribution >= 4 is 23.4 Å². The van der Waals surface area contributed by atoms with Crippen LogP contribution in [-0.2, 0) is 0 Å². The van der Waals surface area contributed by atoms with Gasteiger partial charge in [0.2, 0.25) is 0 Å². The maximum absolute atomic E-state index is 5.56. The summed E-state index contributed by atoms with van der Waals surface area (Å²) in [5.41, 5.74) is 0.997. The Hall–Kier alpha value is -0.280. The second-order valence-electron chi connectivity index (χ2n) is 2.34. The maximum atomic E-state index is 5.56. The molecule has 1 aromatic rings. The van der Waals surface area contributed by atoms with Crippen LogP contribution in [0.1, 0.15) is 12.1 Å². The van der Waals surface area contributed by atoms with Gasteiger partial charge in [0.25, 0.3) is 0 Å². The molecule has 12 heavy (non-hydrogen) atoms. The predicted molar refractivity (Wildman–Crippen MR) is 52.8 cm³/mol. The third kappa shape index (κ3) is 2.99. The molecule has 1 aromatic heterocycles. The molecular formula is C8H11ClN2S. The van der Waals surface area contributed by atoms with Crippen LogP contribution < -0.4 is 0 Å². The van der Waals surface area contributed by atoms with Gasteiger partial charge in [-0.25, -0.2) is 4.98 Å². The Morgan fingerprint density at radius 3 is 2.83 bits per heavy atom. The molecule has 4 heteroatoms. The van der Waals surface area contributed by atoms with Crippen molar-refractivity contribution in [3.8, 4) is 0 Å². The minimum atomic E-state index is 0.715. The van der Waals surface area contributed by atoms with E-state index in [1.807, 2.05) is 6.92 Å². The lowest BCUT2D eigenvalue weighted by Gasteiger charge is -2.00. The third-order valence-corrected chi connectivity index (χ3v) is 2.79. The van der Waals surface area contributed by atoms with Gasteiger partial charge in [-0.3, -0.25) is 4.98 Å². The van der Waals surface area contributed by atoms with Crippen molar-refractivity contribution in [3.63, 3.8) is 0 Å². The van der Waals surface area contributed by atoms with Crippen LogP contribution in [-0.4, -0.2) is 21.6 Å². The van der Waals surface area contributed by atoms with Gasteiger partial charge in [0, 0.05) is 24.0 Å². The summed E-state index contributed by atoms with van der Waals surface area (Å²) in [5, 5.41) is 1.02. The summed E-state index contributed by atoms with van der Waals surface area (Å²) < 4.78 is 0. The van der Waals surface area contributed by atoms with E-state index in [1.54, 1.807) is 24.2 Å². The van der Waals surface area contributed by atoms with E-state index in [0.717, 1.165) is 22.9 Å². The molecule has 1 rings (SSSR count). The summed E-state index contributed by atoms with van der Waals surface area (Å²) in [5.74, 6) is 1.73. The third-order valence-electron chi connectivity index (χ3n) is 1.35. The number of aromatic nitrogens is 2. The predicted octanol–water partition coefficient (Wildman–Crippen LogP) is 2.51. The van der Waals surface area contributed by atoms with Crippen LogP contribution in [0.4, 0.5) is 0 Å². The minimum Gasteiger partial charge on any atom is -0.257 e. The van der Waals surface area contributed by atoms with E-state index < -0.39 is 0 Å². The minimum absolute atomic E-state index is 0.715. The van der Waals surface area contributed by atoms with Crippen molar-refractivity contribution in [1.29, 1.82) is 0 Å². The number of rotatable bonds is 4. The molecule has 0 unspecified atom stereocenters. The van der Waals surface area contributed by atoms with Crippen LogP contribution >= 0.6 is 23.4 Å². The molecule has 0 bridgehead atoms. The van der Waals surface area contributed by atoms with E-state index in [-0.39, 0.29) is 0 Å². The van der Waals surface area contributed by atoms with Gasteiger partial charge in [-0.2, -0.15) is 0 Å². The molecular weight excluding hydrogens is 192 g/mol. The first kappa shape index (κ1) is 9.81. The average Bonchev–Trinajstić information content (AvgIpc) is 2.09. The highest BCUT2D eigenvalue weighted by Crippen LogP contribution is 2.17. The van der Waals surface area contributed by atoms with Gasteiger partial charge < -0.3 is 0 Å². The molecule has 0 N–H and O–H groups in total. The molecule has 2 nitrogen and oxygen atoms in total. The molecule has 0 saturated heterocycles. The lowest BCUT2D eigenvalue weighted by molar-refractivity contribution is 0.981. The zero-order valence-corrected chi connectivity index (χ0v) is 8.53. The first-order valence-corrected chi connectivity index (χ1v) is 5.33. The number of hydrogen-bond acceptors (Lipinski definition) is 3. The van der Waals surface area contributed by atoms with E-state index in [9.17, 15) is 0 Å². The van der Waals surface area contributed by atoms with Crippen molar-refractivity contribution in [2.75, 3.05) is 11.6 Å². The molecule has 0 radical (unpaired) electrons. The largest absolute Gasteiger partial charge is 0.257 e. The Kier molecular flexibility index (Phi) is 4.40. The van der Waals surface area contributed by atoms with E-state index in [4.69, 9.17) is 11.6 Å². The van der Waals surface area contributed by atoms with E-state index in [0.29, 0.717) is 5.88 Å². The number of nitrogens with zero attached hydrogens (tertiary/aromatic N) is 2. The molecule has 0 aliphatic rings. The highest BCUT2D eigenvalue weighted by Gasteiger charge is 1.99. The van der Waals surface area contributed by atoms with E-state index in [2.05, 4.69) is 9.97 Å². The van der Waals surface area contributed by atoms with Gasteiger partial charge in [0.15, 0.2) is 0 Å². The van der Waals surface area contributed by atoms with Gasteiger partial charge in [0.05, 0.1) is 5.69 Å². The fraction of sp³-hybridized carbons (Fsp3) is 0.500. The molecule has 0 saturated carbocycles. The van der Waals surface area contributed by atoms with Crippen LogP contribution in [0.25, 0.3) is 0 Å². The van der Waals surface area contributed by atoms with Crippen molar-refractivity contribution in [1.82, 2.24) is 9.97 Å². The molecule has 0 aliphatic heterocycles. The Bertz CT molecular complexity index is 242. The molecule has 66 valence electrons. The van der Waals surface area contributed by atoms with Crippen LogP contribution in [0.5, 0.6) is 0 Å². The highest BCUT2D eigenvalue weighted by molar-refractivity contribution is 7.99. The smallest absolute Gasteiger partial charge is 0.117 e. The monoisotopic (exact) mass is 202 g/mol. The molecule has 1 heterocycles. The summed E-state index contributed by atoms with van der Waals surface area (Å²) in [6, 6.07) is 0. The van der Waals surface area contributed by atoms with Crippen molar-refractivity contribution in [2.24, 2.45) is 0 Å². The van der Waals surface area contributed by atoms with Gasteiger partial charge in [-0.15, -0.1) is 23.4 Å². The summed E-state index contributed by atoms with van der Waals surface area (Å²) in [6.07, 6.45) is 4.44. The van der Waals surface area contributed by atoms with Gasteiger partial charge in [0.1, 0.15) is 5.03 Å². The first-order chi connectivity index (χ1) is 5.84. The van der Waals surface area contributed by atoms with Gasteiger partial charge in [-0.1, -0.05) is 0 Å². The zero-order chi connectivity index (χ0) is 8.81. The summed E-state index contributed by atoms with van der Waals surface area (Å²) >= 11 is 7.27. The summed E-state index contributed by atoms with van der Waals surface area (Å²) in [7, 11) is 0. The maximum Gasteiger partial charge on any atom is 0.117 e. The number of aryl methyl sites for hydroxylation is 1. The average molecular weight is 203 g/mol. The first-order valence-electron chi connectivity index (χ1n) is 3.81. The van der Waals surface area contributed by atoms with Crippen LogP contribution in [0, 0.1) is 6.92 Å². The van der Waals surface area contributed by atoms with E-state index in [1.165, 1.54) is 0 Å². The second-order valence-corrected chi connectivity index (χ2v) is 3.80. The Balaban J connectivity index is 2.46. The number of thioether (sulfide) groups is 1. The van der Waals surface area contributed by atoms with Gasteiger partial charge >= 0.3 is 0 Å². The fourth-order valence-corrected chi connectivity index (χ4v) is 1.93. The molecule has 0 aromatic carbocycles. The lowest BCUT2D eigenvalue weighted by atomic mass is 10.5. The van der Waals surface area contributed by atoms with Crippen molar-refractivity contribution in [2.45, 2.75) is 18.4 Å². The Labute approximate surface area is 81.8 Å². The van der Waals surface area contributed by atoms with Crippen LogP contribution in [0.3, 0.4) is 0 Å². The molecule has 0 aliphatic carbocycles. The van der Waals surface area contributed by atoms with Crippen LogP contribution in [0.15, 0.2) is 17.4 Å². The van der Waals surface area contributed by atoms with Gasteiger partial charge in [-0.05, 0) is 13.3 Å². The lowest BCUT2D eigenvalue weighted by Crippen LogP contribution is -1.90. The SMILES string of the molecule is Cc1nccnc1SCCCCl. The zero-order valence-electron chi connectivity index (χ0n) is 6.96. The molecule has 0 spiro atoms. The molecule has 0 atom stereocenters. The topological polar surface area (TPSA) is 25.8 Å². The summed E-state index contributed by atoms with van der Waals surface area (Å²) in [6.45, 7) is 1.97. The summed E-state index contributed by atoms with van der Waals surface area (Å²) in [4.78, 5) is 8.35. The number of hydrogen-bond donors (Lipinski definition) is 0.